The number of rotatable bonds is 6. The third-order valence-corrected chi connectivity index (χ3v) is 3.91. The lowest BCUT2D eigenvalue weighted by molar-refractivity contribution is -0.120. The minimum absolute atomic E-state index is 0.0237. The van der Waals surface area contributed by atoms with Crippen LogP contribution >= 0.6 is 0 Å². The van der Waals surface area contributed by atoms with E-state index in [0.29, 0.717) is 16.8 Å². The van der Waals surface area contributed by atoms with Crippen LogP contribution in [0.5, 0.6) is 0 Å². The van der Waals surface area contributed by atoms with E-state index < -0.39 is 5.82 Å². The third-order valence-electron chi connectivity index (χ3n) is 3.91. The lowest BCUT2D eigenvalue weighted by Gasteiger charge is -2.09. The van der Waals surface area contributed by atoms with Crippen molar-refractivity contribution >= 4 is 17.5 Å². The van der Waals surface area contributed by atoms with Gasteiger partial charge in [0.05, 0.1) is 12.0 Å². The lowest BCUT2D eigenvalue weighted by atomic mass is 10.1. The molecule has 0 aliphatic rings. The number of hydrogen-bond donors (Lipinski definition) is 2. The summed E-state index contributed by atoms with van der Waals surface area (Å²) < 4.78 is 13.6. The predicted molar refractivity (Wildman–Crippen MR) is 101 cm³/mol. The highest BCUT2D eigenvalue weighted by Gasteiger charge is 2.09. The molecule has 2 amide bonds. The van der Waals surface area contributed by atoms with E-state index in [-0.39, 0.29) is 24.8 Å². The van der Waals surface area contributed by atoms with Crippen LogP contribution in [0.15, 0.2) is 73.1 Å². The van der Waals surface area contributed by atoms with Crippen molar-refractivity contribution in [1.82, 2.24) is 10.3 Å². The van der Waals surface area contributed by atoms with E-state index >= 15 is 0 Å². The second kappa shape index (κ2) is 8.71. The predicted octanol–water partition coefficient (Wildman–Crippen LogP) is 3.33. The van der Waals surface area contributed by atoms with Gasteiger partial charge >= 0.3 is 0 Å². The molecule has 0 bridgehead atoms. The molecule has 2 N–H and O–H groups in total. The number of halogens is 1. The topological polar surface area (TPSA) is 71.1 Å². The van der Waals surface area contributed by atoms with Crippen LogP contribution in [0, 0.1) is 5.82 Å². The molecule has 0 unspecified atom stereocenters. The normalized spacial score (nSPS) is 10.3. The number of amides is 2. The van der Waals surface area contributed by atoms with Crippen LogP contribution in [0.1, 0.15) is 21.5 Å². The number of carbonyl (C=O) groups is 2. The van der Waals surface area contributed by atoms with Gasteiger partial charge in [-0.2, -0.15) is 0 Å². The summed E-state index contributed by atoms with van der Waals surface area (Å²) in [6.07, 6.45) is 3.06. The van der Waals surface area contributed by atoms with E-state index in [0.717, 1.165) is 5.56 Å². The van der Waals surface area contributed by atoms with Gasteiger partial charge in [0.1, 0.15) is 5.82 Å². The summed E-state index contributed by atoms with van der Waals surface area (Å²) in [6.45, 7) is 0.282. The first kappa shape index (κ1) is 18.3. The molecule has 0 spiro atoms. The molecular formula is C21H18FN3O2. The van der Waals surface area contributed by atoms with Crippen molar-refractivity contribution in [3.05, 3.63) is 95.6 Å². The van der Waals surface area contributed by atoms with Crippen LogP contribution in [-0.4, -0.2) is 16.8 Å². The highest BCUT2D eigenvalue weighted by molar-refractivity contribution is 6.04. The average molecular weight is 363 g/mol. The largest absolute Gasteiger partial charge is 0.352 e. The van der Waals surface area contributed by atoms with Crippen molar-refractivity contribution in [2.24, 2.45) is 0 Å². The first-order chi connectivity index (χ1) is 13.1. The summed E-state index contributed by atoms with van der Waals surface area (Å²) in [5.74, 6) is -0.929. The Labute approximate surface area is 156 Å². The van der Waals surface area contributed by atoms with Gasteiger partial charge in [-0.3, -0.25) is 14.6 Å². The molecule has 0 radical (unpaired) electrons. The van der Waals surface area contributed by atoms with Crippen LogP contribution < -0.4 is 10.6 Å². The average Bonchev–Trinajstić information content (AvgIpc) is 2.69. The van der Waals surface area contributed by atoms with Gasteiger partial charge in [0.25, 0.3) is 5.91 Å². The van der Waals surface area contributed by atoms with Crippen molar-refractivity contribution in [3.63, 3.8) is 0 Å². The van der Waals surface area contributed by atoms with Crippen LogP contribution in [0.4, 0.5) is 10.1 Å². The monoisotopic (exact) mass is 363 g/mol. The summed E-state index contributed by atoms with van der Waals surface area (Å²) in [6, 6.07) is 16.7. The third kappa shape index (κ3) is 5.22. The smallest absolute Gasteiger partial charge is 0.257 e. The maximum absolute atomic E-state index is 13.6. The molecule has 5 nitrogen and oxygen atoms in total. The molecule has 3 aromatic rings. The number of nitrogens with zero attached hydrogens (tertiary/aromatic N) is 1. The molecule has 1 heterocycles. The number of carbonyl (C=O) groups excluding carboxylic acids is 2. The summed E-state index contributed by atoms with van der Waals surface area (Å²) in [5, 5.41) is 5.55. The Bertz CT molecular complexity index is 945. The number of benzene rings is 2. The summed E-state index contributed by atoms with van der Waals surface area (Å²) in [4.78, 5) is 28.1. The minimum Gasteiger partial charge on any atom is -0.352 e. The molecule has 0 saturated carbocycles. The van der Waals surface area contributed by atoms with E-state index in [1.807, 2.05) is 6.07 Å². The van der Waals surface area contributed by atoms with Crippen LogP contribution in [0.25, 0.3) is 0 Å². The molecule has 136 valence electrons. The fraction of sp³-hybridized carbons (Fsp3) is 0.0952. The first-order valence-corrected chi connectivity index (χ1v) is 8.42. The Kier molecular flexibility index (Phi) is 5.89. The fourth-order valence-electron chi connectivity index (χ4n) is 2.54. The van der Waals surface area contributed by atoms with Gasteiger partial charge in [-0.15, -0.1) is 0 Å². The number of aromatic nitrogens is 1. The molecule has 0 aliphatic carbocycles. The fourth-order valence-corrected chi connectivity index (χ4v) is 2.54. The quantitative estimate of drug-likeness (QED) is 0.706. The van der Waals surface area contributed by atoms with Gasteiger partial charge < -0.3 is 10.6 Å². The summed E-state index contributed by atoms with van der Waals surface area (Å²) >= 11 is 0. The van der Waals surface area contributed by atoms with Crippen LogP contribution in [-0.2, 0) is 17.8 Å². The molecule has 27 heavy (non-hydrogen) atoms. The summed E-state index contributed by atoms with van der Waals surface area (Å²) in [7, 11) is 0. The van der Waals surface area contributed by atoms with Crippen molar-refractivity contribution in [1.29, 1.82) is 0 Å². The molecule has 0 fully saturated rings. The zero-order chi connectivity index (χ0) is 19.1. The van der Waals surface area contributed by atoms with Crippen molar-refractivity contribution in [2.45, 2.75) is 13.0 Å². The standard InChI is InChI=1S/C21H18FN3O2/c22-19-9-2-1-6-16(19)12-20(26)24-13-15-5-3-8-18(11-15)25-21(27)17-7-4-10-23-14-17/h1-11,14H,12-13H2,(H,24,26)(H,25,27). The Morgan fingerprint density at radius 1 is 1.00 bits per heavy atom. The van der Waals surface area contributed by atoms with E-state index in [9.17, 15) is 14.0 Å². The molecular weight excluding hydrogens is 345 g/mol. The van der Waals surface area contributed by atoms with Gasteiger partial charge in [0.2, 0.25) is 5.91 Å². The van der Waals surface area contributed by atoms with E-state index in [1.54, 1.807) is 54.7 Å². The van der Waals surface area contributed by atoms with E-state index in [1.165, 1.54) is 12.3 Å². The Morgan fingerprint density at radius 2 is 1.85 bits per heavy atom. The molecule has 1 aromatic heterocycles. The number of pyridine rings is 1. The Balaban J connectivity index is 1.57. The second-order valence-corrected chi connectivity index (χ2v) is 5.94. The van der Waals surface area contributed by atoms with Crippen molar-refractivity contribution < 1.29 is 14.0 Å². The highest BCUT2D eigenvalue weighted by Crippen LogP contribution is 2.12. The van der Waals surface area contributed by atoms with Crippen molar-refractivity contribution in [3.8, 4) is 0 Å². The molecule has 6 heteroatoms. The Morgan fingerprint density at radius 3 is 2.63 bits per heavy atom. The maximum Gasteiger partial charge on any atom is 0.257 e. The minimum atomic E-state index is -0.396. The molecule has 0 saturated heterocycles. The molecule has 2 aromatic carbocycles. The maximum atomic E-state index is 13.6. The summed E-state index contributed by atoms with van der Waals surface area (Å²) in [5.41, 5.74) is 2.25. The number of anilines is 1. The highest BCUT2D eigenvalue weighted by atomic mass is 19.1. The SMILES string of the molecule is O=C(Cc1ccccc1F)NCc1cccc(NC(=O)c2cccnc2)c1. The van der Waals surface area contributed by atoms with E-state index in [4.69, 9.17) is 0 Å². The van der Waals surface area contributed by atoms with Crippen LogP contribution in [0.2, 0.25) is 0 Å². The van der Waals surface area contributed by atoms with Gasteiger partial charge in [0, 0.05) is 24.6 Å². The van der Waals surface area contributed by atoms with Gasteiger partial charge in [-0.25, -0.2) is 4.39 Å². The molecule has 0 atom stereocenters. The van der Waals surface area contributed by atoms with E-state index in [2.05, 4.69) is 15.6 Å². The van der Waals surface area contributed by atoms with Gasteiger partial charge in [-0.1, -0.05) is 30.3 Å². The molecule has 0 aliphatic heterocycles. The molecule has 3 rings (SSSR count). The van der Waals surface area contributed by atoms with Crippen molar-refractivity contribution in [2.75, 3.05) is 5.32 Å². The lowest BCUT2D eigenvalue weighted by Crippen LogP contribution is -2.25. The zero-order valence-corrected chi connectivity index (χ0v) is 14.5. The zero-order valence-electron chi connectivity index (χ0n) is 14.5. The first-order valence-electron chi connectivity index (χ1n) is 8.42. The second-order valence-electron chi connectivity index (χ2n) is 5.94. The Hall–Kier alpha value is -3.54. The van der Waals surface area contributed by atoms with Gasteiger partial charge in [-0.05, 0) is 41.5 Å². The number of hydrogen-bond acceptors (Lipinski definition) is 3. The van der Waals surface area contributed by atoms with Gasteiger partial charge in [0.15, 0.2) is 0 Å². The van der Waals surface area contributed by atoms with Crippen LogP contribution in [0.3, 0.4) is 0 Å². The number of nitrogens with one attached hydrogen (secondary N) is 2.